The number of halogens is 1. The zero-order chi connectivity index (χ0) is 21.3. The quantitative estimate of drug-likeness (QED) is 0.752. The van der Waals surface area contributed by atoms with Gasteiger partial charge in [0.15, 0.2) is 6.79 Å². The molecule has 6 nitrogen and oxygen atoms in total. The minimum Gasteiger partial charge on any atom is -0.467 e. The summed E-state index contributed by atoms with van der Waals surface area (Å²) in [5.41, 5.74) is 2.73. The van der Waals surface area contributed by atoms with Crippen LogP contribution in [0.25, 0.3) is 0 Å². The number of benzene rings is 1. The third-order valence-corrected chi connectivity index (χ3v) is 7.10. The smallest absolute Gasteiger partial charge is 0.253 e. The molecule has 1 spiro atoms. The molecule has 1 amide bonds. The minimum atomic E-state index is -0.234. The number of hydrogen-bond acceptors (Lipinski definition) is 5. The number of fused-ring (bicyclic) bond motifs is 1. The maximum atomic E-state index is 14.1. The van der Waals surface area contributed by atoms with Crippen LogP contribution in [0.15, 0.2) is 36.7 Å². The average molecular weight is 426 g/mol. The molecule has 164 valence electrons. The van der Waals surface area contributed by atoms with Gasteiger partial charge in [0.25, 0.3) is 5.91 Å². The fourth-order valence-corrected chi connectivity index (χ4v) is 5.16. The van der Waals surface area contributed by atoms with Crippen LogP contribution in [-0.4, -0.2) is 53.7 Å². The van der Waals surface area contributed by atoms with Gasteiger partial charge in [0.1, 0.15) is 11.6 Å². The Kier molecular flexibility index (Phi) is 5.63. The molecule has 0 aliphatic carbocycles. The molecule has 3 aliphatic heterocycles. The highest BCUT2D eigenvalue weighted by Gasteiger charge is 2.38. The molecule has 0 saturated carbocycles. The van der Waals surface area contributed by atoms with Crippen molar-refractivity contribution >= 4 is 5.91 Å². The molecular weight excluding hydrogens is 397 g/mol. The van der Waals surface area contributed by atoms with Crippen molar-refractivity contribution in [3.63, 3.8) is 0 Å². The van der Waals surface area contributed by atoms with E-state index in [0.29, 0.717) is 24.1 Å². The van der Waals surface area contributed by atoms with Crippen LogP contribution >= 0.6 is 0 Å². The van der Waals surface area contributed by atoms with Crippen LogP contribution in [0.4, 0.5) is 4.39 Å². The number of pyridine rings is 1. The number of nitrogens with zero attached hydrogens (tertiary/aromatic N) is 3. The van der Waals surface area contributed by atoms with Crippen LogP contribution in [0, 0.1) is 11.2 Å². The first kappa shape index (κ1) is 20.4. The Balaban J connectivity index is 1.17. The standard InChI is InChI=1S/C24H28FN3O3/c25-21-13-19(22-20(14-21)16-30-17-31-22)15-27-9-3-24(4-10-27)5-11-28(12-6-24)23(29)18-1-7-26-8-2-18/h1-2,7-8,13-14H,3-6,9-12,15-17H2. The minimum absolute atomic E-state index is 0.106. The van der Waals surface area contributed by atoms with Gasteiger partial charge < -0.3 is 14.4 Å². The van der Waals surface area contributed by atoms with Crippen molar-refractivity contribution in [1.82, 2.24) is 14.8 Å². The average Bonchev–Trinajstić information content (AvgIpc) is 2.81. The van der Waals surface area contributed by atoms with Crippen molar-refractivity contribution in [3.05, 3.63) is 59.2 Å². The zero-order valence-corrected chi connectivity index (χ0v) is 17.7. The molecule has 0 N–H and O–H groups in total. The summed E-state index contributed by atoms with van der Waals surface area (Å²) in [4.78, 5) is 21.1. The van der Waals surface area contributed by atoms with Crippen molar-refractivity contribution in [1.29, 1.82) is 0 Å². The Bertz CT molecular complexity index is 935. The number of likely N-dealkylation sites (tertiary alicyclic amines) is 2. The van der Waals surface area contributed by atoms with Gasteiger partial charge in [-0.25, -0.2) is 4.39 Å². The molecule has 0 radical (unpaired) electrons. The molecule has 7 heteroatoms. The summed E-state index contributed by atoms with van der Waals surface area (Å²) < 4.78 is 25.0. The summed E-state index contributed by atoms with van der Waals surface area (Å²) in [6.07, 6.45) is 7.67. The molecule has 1 aromatic heterocycles. The van der Waals surface area contributed by atoms with Crippen molar-refractivity contribution < 1.29 is 18.7 Å². The SMILES string of the molecule is O=C(c1ccncc1)N1CCC2(CCN(Cc3cc(F)cc4c3OCOC4)CC2)CC1. The van der Waals surface area contributed by atoms with Gasteiger partial charge in [-0.1, -0.05) is 0 Å². The van der Waals surface area contributed by atoms with E-state index < -0.39 is 0 Å². The van der Waals surface area contributed by atoms with E-state index in [1.165, 1.54) is 6.07 Å². The molecule has 1 aromatic carbocycles. The fourth-order valence-electron chi connectivity index (χ4n) is 5.16. The summed E-state index contributed by atoms with van der Waals surface area (Å²) in [6, 6.07) is 6.67. The number of amides is 1. The van der Waals surface area contributed by atoms with Crippen LogP contribution in [0.5, 0.6) is 5.75 Å². The van der Waals surface area contributed by atoms with E-state index >= 15 is 0 Å². The summed E-state index contributed by atoms with van der Waals surface area (Å²) >= 11 is 0. The summed E-state index contributed by atoms with van der Waals surface area (Å²) in [5, 5.41) is 0. The van der Waals surface area contributed by atoms with E-state index in [1.807, 2.05) is 4.90 Å². The number of hydrogen-bond donors (Lipinski definition) is 0. The van der Waals surface area contributed by atoms with Crippen LogP contribution in [0.1, 0.15) is 47.2 Å². The summed E-state index contributed by atoms with van der Waals surface area (Å²) in [6.45, 7) is 4.92. The first-order valence-corrected chi connectivity index (χ1v) is 11.1. The normalized spacial score (nSPS) is 20.9. The monoisotopic (exact) mass is 425 g/mol. The molecule has 0 unspecified atom stereocenters. The summed E-state index contributed by atoms with van der Waals surface area (Å²) in [5.74, 6) is 0.660. The topological polar surface area (TPSA) is 54.9 Å². The van der Waals surface area contributed by atoms with Gasteiger partial charge >= 0.3 is 0 Å². The Hall–Kier alpha value is -2.51. The number of ether oxygens (including phenoxy) is 2. The second-order valence-electron chi connectivity index (χ2n) is 8.97. The Labute approximate surface area is 182 Å². The van der Waals surface area contributed by atoms with Gasteiger partial charge in [-0.2, -0.15) is 0 Å². The van der Waals surface area contributed by atoms with Gasteiger partial charge in [-0.15, -0.1) is 0 Å². The van der Waals surface area contributed by atoms with Gasteiger partial charge in [0, 0.05) is 48.7 Å². The lowest BCUT2D eigenvalue weighted by molar-refractivity contribution is -0.0181. The fraction of sp³-hybridized carbons (Fsp3) is 0.500. The van der Waals surface area contributed by atoms with Crippen LogP contribution in [0.2, 0.25) is 0 Å². The number of carbonyl (C=O) groups excluding carboxylic acids is 1. The van der Waals surface area contributed by atoms with Gasteiger partial charge in [-0.05, 0) is 68.5 Å². The second kappa shape index (κ2) is 8.55. The van der Waals surface area contributed by atoms with Gasteiger partial charge in [0.05, 0.1) is 6.61 Å². The first-order valence-electron chi connectivity index (χ1n) is 11.1. The molecule has 5 rings (SSSR count). The number of rotatable bonds is 3. The van der Waals surface area contributed by atoms with E-state index in [-0.39, 0.29) is 18.5 Å². The lowest BCUT2D eigenvalue weighted by Crippen LogP contribution is -2.48. The second-order valence-corrected chi connectivity index (χ2v) is 8.97. The molecule has 2 saturated heterocycles. The lowest BCUT2D eigenvalue weighted by Gasteiger charge is -2.47. The number of aromatic nitrogens is 1. The van der Waals surface area contributed by atoms with Gasteiger partial charge in [-0.3, -0.25) is 14.7 Å². The molecule has 3 aliphatic rings. The molecule has 0 atom stereocenters. The molecule has 4 heterocycles. The third kappa shape index (κ3) is 4.29. The predicted octanol–water partition coefficient (Wildman–Crippen LogP) is 3.61. The number of carbonyl (C=O) groups is 1. The highest BCUT2D eigenvalue weighted by atomic mass is 19.1. The lowest BCUT2D eigenvalue weighted by atomic mass is 9.71. The van der Waals surface area contributed by atoms with Crippen LogP contribution < -0.4 is 4.74 Å². The van der Waals surface area contributed by atoms with Crippen LogP contribution in [0.3, 0.4) is 0 Å². The van der Waals surface area contributed by atoms with E-state index in [2.05, 4.69) is 9.88 Å². The highest BCUT2D eigenvalue weighted by Crippen LogP contribution is 2.42. The molecule has 2 aromatic rings. The predicted molar refractivity (Wildman–Crippen MR) is 113 cm³/mol. The largest absolute Gasteiger partial charge is 0.467 e. The maximum absolute atomic E-state index is 14.1. The Morgan fingerprint density at radius 1 is 1.06 bits per heavy atom. The van der Waals surface area contributed by atoms with Crippen molar-refractivity contribution in [2.75, 3.05) is 33.0 Å². The van der Waals surface area contributed by atoms with E-state index in [4.69, 9.17) is 9.47 Å². The van der Waals surface area contributed by atoms with Crippen LogP contribution in [-0.2, 0) is 17.9 Å². The Morgan fingerprint density at radius 2 is 1.77 bits per heavy atom. The van der Waals surface area contributed by atoms with Gasteiger partial charge in [0.2, 0.25) is 0 Å². The molecule has 31 heavy (non-hydrogen) atoms. The first-order chi connectivity index (χ1) is 15.1. The zero-order valence-electron chi connectivity index (χ0n) is 17.7. The van der Waals surface area contributed by atoms with Crippen molar-refractivity contribution in [3.8, 4) is 5.75 Å². The molecule has 2 fully saturated rings. The molecular formula is C24H28FN3O3. The van der Waals surface area contributed by atoms with E-state index in [1.54, 1.807) is 30.6 Å². The maximum Gasteiger partial charge on any atom is 0.253 e. The van der Waals surface area contributed by atoms with E-state index in [0.717, 1.165) is 68.7 Å². The highest BCUT2D eigenvalue weighted by molar-refractivity contribution is 5.94. The van der Waals surface area contributed by atoms with Crippen molar-refractivity contribution in [2.24, 2.45) is 5.41 Å². The van der Waals surface area contributed by atoms with Crippen molar-refractivity contribution in [2.45, 2.75) is 38.8 Å². The molecule has 0 bridgehead atoms. The van der Waals surface area contributed by atoms with E-state index in [9.17, 15) is 9.18 Å². The number of piperidine rings is 2. The summed E-state index contributed by atoms with van der Waals surface area (Å²) in [7, 11) is 0. The Morgan fingerprint density at radius 3 is 2.52 bits per heavy atom. The third-order valence-electron chi connectivity index (χ3n) is 7.10.